The van der Waals surface area contributed by atoms with E-state index >= 15 is 0 Å². The maximum absolute atomic E-state index is 6.15. The fourth-order valence-corrected chi connectivity index (χ4v) is 2.18. The lowest BCUT2D eigenvalue weighted by Gasteiger charge is -2.27. The highest BCUT2D eigenvalue weighted by molar-refractivity contribution is 5.30. The second kappa shape index (κ2) is 4.98. The van der Waals surface area contributed by atoms with E-state index in [4.69, 9.17) is 10.5 Å². The van der Waals surface area contributed by atoms with E-state index in [-0.39, 0.29) is 12.1 Å². The summed E-state index contributed by atoms with van der Waals surface area (Å²) < 4.78 is 5.28. The Kier molecular flexibility index (Phi) is 3.62. The standard InChI is InChI=1S/C14H21NO/c1-10(16-2)14(15)13-8-4-7-12(9-13)11-5-3-6-11/h4,7-11,14H,3,5-6,15H2,1-2H3. The van der Waals surface area contributed by atoms with E-state index in [0.717, 1.165) is 5.92 Å². The summed E-state index contributed by atoms with van der Waals surface area (Å²) in [5.41, 5.74) is 8.79. The lowest BCUT2D eigenvalue weighted by Crippen LogP contribution is -2.25. The minimum absolute atomic E-state index is 0.0231. The Bertz CT molecular complexity index is 346. The Balaban J connectivity index is 2.14. The quantitative estimate of drug-likeness (QED) is 0.845. The van der Waals surface area contributed by atoms with Gasteiger partial charge in [0.25, 0.3) is 0 Å². The van der Waals surface area contributed by atoms with Gasteiger partial charge in [-0.1, -0.05) is 30.7 Å². The summed E-state index contributed by atoms with van der Waals surface area (Å²) in [5, 5.41) is 0. The van der Waals surface area contributed by atoms with Crippen LogP contribution in [0.4, 0.5) is 0 Å². The predicted octanol–water partition coefficient (Wildman–Crippen LogP) is 2.99. The first-order valence-corrected chi connectivity index (χ1v) is 6.10. The molecule has 0 aromatic heterocycles. The zero-order chi connectivity index (χ0) is 11.5. The molecule has 2 nitrogen and oxygen atoms in total. The summed E-state index contributed by atoms with van der Waals surface area (Å²) >= 11 is 0. The van der Waals surface area contributed by atoms with Gasteiger partial charge in [0.05, 0.1) is 12.1 Å². The van der Waals surface area contributed by atoms with Crippen molar-refractivity contribution in [2.45, 2.75) is 44.2 Å². The number of rotatable bonds is 4. The van der Waals surface area contributed by atoms with Gasteiger partial charge in [-0.2, -0.15) is 0 Å². The van der Waals surface area contributed by atoms with Gasteiger partial charge in [-0.15, -0.1) is 0 Å². The predicted molar refractivity (Wildman–Crippen MR) is 66.4 cm³/mol. The fraction of sp³-hybridized carbons (Fsp3) is 0.571. The molecule has 1 fully saturated rings. The molecule has 2 unspecified atom stereocenters. The minimum Gasteiger partial charge on any atom is -0.380 e. The first-order chi connectivity index (χ1) is 7.72. The topological polar surface area (TPSA) is 35.2 Å². The highest BCUT2D eigenvalue weighted by Gasteiger charge is 2.21. The van der Waals surface area contributed by atoms with Crippen LogP contribution in [0.3, 0.4) is 0 Å². The number of methoxy groups -OCH3 is 1. The molecule has 1 aromatic rings. The SMILES string of the molecule is COC(C)C(N)c1cccc(C2CCC2)c1. The summed E-state index contributed by atoms with van der Waals surface area (Å²) in [7, 11) is 1.71. The third-order valence-electron chi connectivity index (χ3n) is 3.75. The van der Waals surface area contributed by atoms with Crippen LogP contribution in [0.5, 0.6) is 0 Å². The van der Waals surface area contributed by atoms with E-state index in [1.807, 2.05) is 6.92 Å². The van der Waals surface area contributed by atoms with Crippen molar-refractivity contribution in [1.82, 2.24) is 0 Å². The highest BCUT2D eigenvalue weighted by Crippen LogP contribution is 2.37. The molecule has 1 aliphatic carbocycles. The Hall–Kier alpha value is -0.860. The number of nitrogens with two attached hydrogens (primary N) is 1. The lowest BCUT2D eigenvalue weighted by atomic mass is 9.79. The molecule has 0 heterocycles. The average molecular weight is 219 g/mol. The number of ether oxygens (including phenoxy) is 1. The maximum atomic E-state index is 6.15. The summed E-state index contributed by atoms with van der Waals surface area (Å²) in [5.74, 6) is 0.769. The van der Waals surface area contributed by atoms with E-state index in [9.17, 15) is 0 Å². The minimum atomic E-state index is -0.0231. The van der Waals surface area contributed by atoms with Crippen LogP contribution < -0.4 is 5.73 Å². The van der Waals surface area contributed by atoms with Crippen molar-refractivity contribution in [2.75, 3.05) is 7.11 Å². The number of hydrogen-bond acceptors (Lipinski definition) is 2. The van der Waals surface area contributed by atoms with E-state index in [1.54, 1.807) is 7.11 Å². The molecule has 0 bridgehead atoms. The molecule has 0 aliphatic heterocycles. The molecule has 1 saturated carbocycles. The van der Waals surface area contributed by atoms with E-state index in [0.29, 0.717) is 0 Å². The smallest absolute Gasteiger partial charge is 0.0735 e. The second-order valence-electron chi connectivity index (χ2n) is 4.76. The van der Waals surface area contributed by atoms with Crippen molar-refractivity contribution in [1.29, 1.82) is 0 Å². The van der Waals surface area contributed by atoms with Crippen molar-refractivity contribution in [2.24, 2.45) is 5.73 Å². The van der Waals surface area contributed by atoms with Crippen LogP contribution in [0.1, 0.15) is 49.3 Å². The van der Waals surface area contributed by atoms with E-state index in [2.05, 4.69) is 24.3 Å². The van der Waals surface area contributed by atoms with Gasteiger partial charge >= 0.3 is 0 Å². The van der Waals surface area contributed by atoms with Crippen LogP contribution in [-0.4, -0.2) is 13.2 Å². The van der Waals surface area contributed by atoms with Gasteiger partial charge in [-0.05, 0) is 36.8 Å². The molecule has 0 saturated heterocycles. The van der Waals surface area contributed by atoms with Crippen molar-refractivity contribution >= 4 is 0 Å². The molecule has 2 N–H and O–H groups in total. The Morgan fingerprint density at radius 1 is 1.38 bits per heavy atom. The lowest BCUT2D eigenvalue weighted by molar-refractivity contribution is 0.0956. The summed E-state index contributed by atoms with van der Waals surface area (Å²) in [6.07, 6.45) is 4.10. The molecule has 2 heteroatoms. The largest absolute Gasteiger partial charge is 0.380 e. The van der Waals surface area contributed by atoms with Crippen LogP contribution in [0.15, 0.2) is 24.3 Å². The fourth-order valence-electron chi connectivity index (χ4n) is 2.18. The van der Waals surface area contributed by atoms with Crippen LogP contribution in [-0.2, 0) is 4.74 Å². The molecule has 16 heavy (non-hydrogen) atoms. The van der Waals surface area contributed by atoms with Gasteiger partial charge < -0.3 is 10.5 Å². The van der Waals surface area contributed by atoms with Crippen molar-refractivity contribution in [3.63, 3.8) is 0 Å². The maximum Gasteiger partial charge on any atom is 0.0735 e. The monoisotopic (exact) mass is 219 g/mol. The third-order valence-corrected chi connectivity index (χ3v) is 3.75. The molecule has 0 spiro atoms. The Labute approximate surface area is 97.8 Å². The van der Waals surface area contributed by atoms with Crippen LogP contribution in [0.25, 0.3) is 0 Å². The van der Waals surface area contributed by atoms with Gasteiger partial charge in [0.1, 0.15) is 0 Å². The van der Waals surface area contributed by atoms with E-state index in [1.165, 1.54) is 30.4 Å². The molecule has 2 atom stereocenters. The van der Waals surface area contributed by atoms with Crippen LogP contribution in [0, 0.1) is 0 Å². The first-order valence-electron chi connectivity index (χ1n) is 6.10. The van der Waals surface area contributed by atoms with Gasteiger partial charge in [0.15, 0.2) is 0 Å². The Morgan fingerprint density at radius 2 is 2.12 bits per heavy atom. The summed E-state index contributed by atoms with van der Waals surface area (Å²) in [6, 6.07) is 8.67. The summed E-state index contributed by atoms with van der Waals surface area (Å²) in [4.78, 5) is 0. The van der Waals surface area contributed by atoms with Gasteiger partial charge in [-0.3, -0.25) is 0 Å². The number of benzene rings is 1. The van der Waals surface area contributed by atoms with Gasteiger partial charge in [0.2, 0.25) is 0 Å². The molecular formula is C14H21NO. The Morgan fingerprint density at radius 3 is 2.69 bits per heavy atom. The van der Waals surface area contributed by atoms with Crippen molar-refractivity contribution in [3.8, 4) is 0 Å². The third kappa shape index (κ3) is 2.28. The molecule has 0 radical (unpaired) electrons. The number of hydrogen-bond donors (Lipinski definition) is 1. The molecule has 1 aliphatic rings. The molecular weight excluding hydrogens is 198 g/mol. The zero-order valence-electron chi connectivity index (χ0n) is 10.1. The second-order valence-corrected chi connectivity index (χ2v) is 4.76. The summed E-state index contributed by atoms with van der Waals surface area (Å²) in [6.45, 7) is 2.01. The average Bonchev–Trinajstić information content (AvgIpc) is 2.25. The zero-order valence-corrected chi connectivity index (χ0v) is 10.1. The normalized spacial score (nSPS) is 20.2. The molecule has 88 valence electrons. The van der Waals surface area contributed by atoms with Gasteiger partial charge in [-0.25, -0.2) is 0 Å². The highest BCUT2D eigenvalue weighted by atomic mass is 16.5. The van der Waals surface area contributed by atoms with E-state index < -0.39 is 0 Å². The first kappa shape index (κ1) is 11.6. The van der Waals surface area contributed by atoms with Crippen LogP contribution >= 0.6 is 0 Å². The van der Waals surface area contributed by atoms with Gasteiger partial charge in [0, 0.05) is 7.11 Å². The molecule has 2 rings (SSSR count). The van der Waals surface area contributed by atoms with Crippen molar-refractivity contribution < 1.29 is 4.74 Å². The van der Waals surface area contributed by atoms with Crippen molar-refractivity contribution in [3.05, 3.63) is 35.4 Å². The van der Waals surface area contributed by atoms with Crippen LogP contribution in [0.2, 0.25) is 0 Å². The molecule has 0 amide bonds. The molecule has 1 aromatic carbocycles.